The SMILES string of the molecule is CC(C)c1cc(OCCN=[N+]=[N-])ccc1-n1c(=O)nc(N2CCN(C(=O)OC(C)(C)C)C[C@@H]2C)c2cc(Cl)c(N3CCCCC3)nc21. The molecule has 0 spiro atoms. The maximum Gasteiger partial charge on any atom is 0.410 e. The van der Waals surface area contributed by atoms with Gasteiger partial charge in [-0.1, -0.05) is 30.6 Å². The molecule has 0 unspecified atom stereocenters. The van der Waals surface area contributed by atoms with Crippen LogP contribution in [0, 0.1) is 0 Å². The van der Waals surface area contributed by atoms with Crippen LogP contribution in [-0.2, 0) is 4.74 Å². The Kier molecular flexibility index (Phi) is 10.4. The quantitative estimate of drug-likeness (QED) is 0.112. The molecule has 3 aromatic rings. The molecule has 2 saturated heterocycles. The smallest absolute Gasteiger partial charge is 0.410 e. The fourth-order valence-corrected chi connectivity index (χ4v) is 6.43. The summed E-state index contributed by atoms with van der Waals surface area (Å²) in [6, 6.07) is 7.27. The molecule has 0 saturated carbocycles. The van der Waals surface area contributed by atoms with Crippen LogP contribution < -0.4 is 20.2 Å². The van der Waals surface area contributed by atoms with Crippen LogP contribution in [-0.4, -0.2) is 83.0 Å². The molecule has 252 valence electrons. The van der Waals surface area contributed by atoms with Gasteiger partial charge in [0, 0.05) is 43.7 Å². The lowest BCUT2D eigenvalue weighted by atomic mass is 10.0. The largest absolute Gasteiger partial charge is 0.493 e. The Morgan fingerprint density at radius 3 is 2.51 bits per heavy atom. The molecule has 1 amide bonds. The fourth-order valence-electron chi connectivity index (χ4n) is 6.16. The third kappa shape index (κ3) is 7.68. The van der Waals surface area contributed by atoms with E-state index in [1.54, 1.807) is 15.5 Å². The van der Waals surface area contributed by atoms with Gasteiger partial charge in [-0.15, -0.1) is 0 Å². The number of aromatic nitrogens is 3. The van der Waals surface area contributed by atoms with Gasteiger partial charge in [-0.2, -0.15) is 4.98 Å². The molecule has 2 fully saturated rings. The molecule has 0 aliphatic carbocycles. The zero-order valence-corrected chi connectivity index (χ0v) is 28.8. The number of ether oxygens (including phenoxy) is 2. The molecule has 5 rings (SSSR count). The molecule has 14 heteroatoms. The number of hydrogen-bond acceptors (Lipinski definition) is 9. The molecule has 13 nitrogen and oxygen atoms in total. The average molecular weight is 666 g/mol. The molecule has 4 heterocycles. The van der Waals surface area contributed by atoms with Gasteiger partial charge in [0.2, 0.25) is 0 Å². The minimum atomic E-state index is -0.598. The van der Waals surface area contributed by atoms with Gasteiger partial charge in [-0.25, -0.2) is 19.1 Å². The Balaban J connectivity index is 1.62. The lowest BCUT2D eigenvalue weighted by Gasteiger charge is -2.41. The molecular formula is C33H44ClN9O4. The van der Waals surface area contributed by atoms with Gasteiger partial charge in [0.1, 0.15) is 23.0 Å². The van der Waals surface area contributed by atoms with Crippen molar-refractivity contribution < 1.29 is 14.3 Å². The van der Waals surface area contributed by atoms with Crippen LogP contribution in [0.15, 0.2) is 34.2 Å². The van der Waals surface area contributed by atoms with E-state index in [1.165, 1.54) is 0 Å². The molecule has 0 bridgehead atoms. The lowest BCUT2D eigenvalue weighted by molar-refractivity contribution is 0.0218. The van der Waals surface area contributed by atoms with Gasteiger partial charge in [0.25, 0.3) is 0 Å². The van der Waals surface area contributed by atoms with E-state index in [4.69, 9.17) is 31.6 Å². The van der Waals surface area contributed by atoms with Crippen molar-refractivity contribution in [2.45, 2.75) is 78.4 Å². The minimum absolute atomic E-state index is 0.0297. The monoisotopic (exact) mass is 665 g/mol. The summed E-state index contributed by atoms with van der Waals surface area (Å²) in [6.45, 7) is 15.0. The molecule has 0 radical (unpaired) electrons. The molecule has 47 heavy (non-hydrogen) atoms. The van der Waals surface area contributed by atoms with E-state index in [0.29, 0.717) is 58.8 Å². The first-order valence-electron chi connectivity index (χ1n) is 16.3. The highest BCUT2D eigenvalue weighted by Crippen LogP contribution is 2.36. The summed E-state index contributed by atoms with van der Waals surface area (Å²) in [5, 5.41) is 4.69. The number of piperazine rings is 1. The van der Waals surface area contributed by atoms with E-state index in [-0.39, 0.29) is 31.2 Å². The summed E-state index contributed by atoms with van der Waals surface area (Å²) in [5.41, 5.74) is 9.51. The van der Waals surface area contributed by atoms with E-state index in [9.17, 15) is 9.59 Å². The van der Waals surface area contributed by atoms with Crippen molar-refractivity contribution in [3.8, 4) is 11.4 Å². The summed E-state index contributed by atoms with van der Waals surface area (Å²) in [5.74, 6) is 1.77. The Morgan fingerprint density at radius 1 is 1.11 bits per heavy atom. The number of fused-ring (bicyclic) bond motifs is 1. The van der Waals surface area contributed by atoms with Gasteiger partial charge >= 0.3 is 11.8 Å². The zero-order valence-electron chi connectivity index (χ0n) is 28.1. The third-order valence-electron chi connectivity index (χ3n) is 8.37. The number of azide groups is 1. The number of halogens is 1. The van der Waals surface area contributed by atoms with Gasteiger partial charge in [-0.05, 0) is 88.2 Å². The third-order valence-corrected chi connectivity index (χ3v) is 8.65. The fraction of sp³-hybridized carbons (Fsp3) is 0.576. The Labute approximate surface area is 280 Å². The average Bonchev–Trinajstić information content (AvgIpc) is 3.02. The molecule has 0 N–H and O–H groups in total. The molecule has 2 aromatic heterocycles. The molecule has 1 atom stereocenters. The zero-order chi connectivity index (χ0) is 33.9. The lowest BCUT2D eigenvalue weighted by Crippen LogP contribution is -2.55. The Morgan fingerprint density at radius 2 is 1.85 bits per heavy atom. The van der Waals surface area contributed by atoms with Crippen LogP contribution in [0.25, 0.3) is 27.2 Å². The molecule has 2 aliphatic heterocycles. The number of piperidine rings is 1. The number of nitrogens with zero attached hydrogens (tertiary/aromatic N) is 9. The number of pyridine rings is 1. The van der Waals surface area contributed by atoms with Crippen molar-refractivity contribution in [2.24, 2.45) is 5.11 Å². The summed E-state index contributed by atoms with van der Waals surface area (Å²) < 4.78 is 13.0. The highest BCUT2D eigenvalue weighted by Gasteiger charge is 2.33. The summed E-state index contributed by atoms with van der Waals surface area (Å²) >= 11 is 6.97. The summed E-state index contributed by atoms with van der Waals surface area (Å²) in [4.78, 5) is 45.5. The number of rotatable bonds is 8. The van der Waals surface area contributed by atoms with Crippen LogP contribution in [0.3, 0.4) is 0 Å². The number of benzene rings is 1. The summed E-state index contributed by atoms with van der Waals surface area (Å²) in [7, 11) is 0. The number of carbonyl (C=O) groups is 1. The number of anilines is 2. The van der Waals surface area contributed by atoms with E-state index in [1.807, 2.05) is 59.7 Å². The number of carbonyl (C=O) groups excluding carboxylic acids is 1. The van der Waals surface area contributed by atoms with Crippen molar-refractivity contribution in [1.29, 1.82) is 0 Å². The molecular weight excluding hydrogens is 622 g/mol. The second-order valence-corrected chi connectivity index (χ2v) is 13.8. The second kappa shape index (κ2) is 14.3. The van der Waals surface area contributed by atoms with E-state index < -0.39 is 11.3 Å². The standard InChI is InChI=1S/C33H44ClN9O4/c1-21(2)24-18-23(46-17-12-36-39-35)10-11-27(24)43-29-25(19-26(34)30(37-29)40-13-8-7-9-14-40)28(38-31(43)44)42-16-15-41(20-22(42)3)32(45)47-33(4,5)6/h10-11,18-19,21-22H,7-9,12-17,20H2,1-6H3/t22-/m0/s1. The first kappa shape index (κ1) is 34.1. The van der Waals surface area contributed by atoms with E-state index in [2.05, 4.69) is 24.8 Å². The van der Waals surface area contributed by atoms with Crippen molar-refractivity contribution >= 4 is 40.4 Å². The van der Waals surface area contributed by atoms with Gasteiger partial charge in [0.15, 0.2) is 5.65 Å². The normalized spacial score (nSPS) is 17.2. The first-order chi connectivity index (χ1) is 22.4. The summed E-state index contributed by atoms with van der Waals surface area (Å²) in [6.07, 6.45) is 2.88. The van der Waals surface area contributed by atoms with Crippen LogP contribution in [0.5, 0.6) is 5.75 Å². The highest BCUT2D eigenvalue weighted by atomic mass is 35.5. The van der Waals surface area contributed by atoms with Crippen molar-refractivity contribution in [3.63, 3.8) is 0 Å². The van der Waals surface area contributed by atoms with Crippen LogP contribution in [0.4, 0.5) is 16.4 Å². The molecule has 1 aromatic carbocycles. The molecule has 2 aliphatic rings. The van der Waals surface area contributed by atoms with Crippen molar-refractivity contribution in [3.05, 3.63) is 55.8 Å². The predicted molar refractivity (Wildman–Crippen MR) is 184 cm³/mol. The van der Waals surface area contributed by atoms with Gasteiger partial charge < -0.3 is 24.2 Å². The van der Waals surface area contributed by atoms with E-state index in [0.717, 1.165) is 37.9 Å². The maximum atomic E-state index is 14.2. The Bertz CT molecular complexity index is 1730. The predicted octanol–water partition coefficient (Wildman–Crippen LogP) is 6.68. The van der Waals surface area contributed by atoms with Gasteiger partial charge in [-0.3, -0.25) is 0 Å². The van der Waals surface area contributed by atoms with Gasteiger partial charge in [0.05, 0.1) is 29.2 Å². The van der Waals surface area contributed by atoms with Crippen LogP contribution >= 0.6 is 11.6 Å². The van der Waals surface area contributed by atoms with Crippen molar-refractivity contribution in [2.75, 3.05) is 55.7 Å². The Hall–Kier alpha value is -4.22. The second-order valence-electron chi connectivity index (χ2n) is 13.4. The van der Waals surface area contributed by atoms with Crippen molar-refractivity contribution in [1.82, 2.24) is 19.4 Å². The number of hydrogen-bond donors (Lipinski definition) is 0. The van der Waals surface area contributed by atoms with E-state index >= 15 is 0 Å². The van der Waals surface area contributed by atoms with Crippen LogP contribution in [0.2, 0.25) is 5.02 Å². The maximum absolute atomic E-state index is 14.2. The van der Waals surface area contributed by atoms with Crippen LogP contribution in [0.1, 0.15) is 72.3 Å². The minimum Gasteiger partial charge on any atom is -0.493 e. The topological polar surface area (TPSA) is 142 Å². The highest BCUT2D eigenvalue weighted by molar-refractivity contribution is 6.33. The number of amides is 1. The first-order valence-corrected chi connectivity index (χ1v) is 16.7.